The van der Waals surface area contributed by atoms with Gasteiger partial charge < -0.3 is 11.1 Å². The third kappa shape index (κ3) is 4.91. The highest BCUT2D eigenvalue weighted by Crippen LogP contribution is 2.45. The van der Waals surface area contributed by atoms with Crippen LogP contribution in [0.4, 0.5) is 0 Å². The molecule has 1 aliphatic rings. The lowest BCUT2D eigenvalue weighted by atomic mass is 10.1. The molecule has 0 aromatic heterocycles. The zero-order valence-corrected chi connectivity index (χ0v) is 13.1. The summed E-state index contributed by atoms with van der Waals surface area (Å²) in [6, 6.07) is 7.95. The van der Waals surface area contributed by atoms with E-state index in [-0.39, 0.29) is 18.3 Å². The van der Waals surface area contributed by atoms with Gasteiger partial charge in [0.05, 0.1) is 4.58 Å². The van der Waals surface area contributed by atoms with Crippen molar-refractivity contribution in [2.45, 2.75) is 11.0 Å². The molecule has 106 valence electrons. The lowest BCUT2D eigenvalue weighted by molar-refractivity contribution is 0.0953. The van der Waals surface area contributed by atoms with Gasteiger partial charge in [0.15, 0.2) is 0 Å². The summed E-state index contributed by atoms with van der Waals surface area (Å²) in [5, 5.41) is 2.86. The van der Waals surface area contributed by atoms with E-state index in [4.69, 9.17) is 5.73 Å². The number of carbonyl (C=O) groups excluding carboxylic acids is 1. The number of carbonyl (C=O) groups is 1. The van der Waals surface area contributed by atoms with Gasteiger partial charge in [0, 0.05) is 23.6 Å². The molecule has 1 fully saturated rings. The first kappa shape index (κ1) is 16.7. The minimum absolute atomic E-state index is 0. The maximum absolute atomic E-state index is 11.8. The van der Waals surface area contributed by atoms with E-state index >= 15 is 0 Å². The Kier molecular flexibility index (Phi) is 7.68. The summed E-state index contributed by atoms with van der Waals surface area (Å²) in [6.07, 6.45) is 0.819. The van der Waals surface area contributed by atoms with Gasteiger partial charge >= 0.3 is 0 Å². The predicted molar refractivity (Wildman–Crippen MR) is 87.4 cm³/mol. The number of thioether (sulfide) groups is 2. The zero-order valence-electron chi connectivity index (χ0n) is 10.6. The summed E-state index contributed by atoms with van der Waals surface area (Å²) in [5.41, 5.74) is 7.42. The van der Waals surface area contributed by atoms with Crippen molar-refractivity contribution in [3.63, 3.8) is 0 Å². The molecule has 1 aliphatic heterocycles. The summed E-state index contributed by atoms with van der Waals surface area (Å²) >= 11 is 3.95. The van der Waals surface area contributed by atoms with Crippen LogP contribution in [0.15, 0.2) is 24.3 Å². The van der Waals surface area contributed by atoms with Crippen LogP contribution in [0.5, 0.6) is 0 Å². The molecule has 6 heteroatoms. The second kappa shape index (κ2) is 8.74. The molecule has 1 aromatic rings. The highest BCUT2D eigenvalue weighted by atomic mass is 35.5. The Hall–Kier alpha value is -0.360. The largest absolute Gasteiger partial charge is 0.352 e. The normalized spacial score (nSPS) is 15.0. The van der Waals surface area contributed by atoms with Crippen molar-refractivity contribution in [1.29, 1.82) is 0 Å². The van der Waals surface area contributed by atoms with Crippen LogP contribution in [0.3, 0.4) is 0 Å². The minimum atomic E-state index is -0.0123. The number of benzene rings is 1. The molecule has 1 saturated heterocycles. The zero-order chi connectivity index (χ0) is 12.8. The van der Waals surface area contributed by atoms with Gasteiger partial charge in [0.1, 0.15) is 0 Å². The van der Waals surface area contributed by atoms with E-state index < -0.39 is 0 Å². The SMILES string of the molecule is Cl.NCCCNC(=O)c1ccc(C2SCCS2)cc1. The van der Waals surface area contributed by atoms with Crippen molar-refractivity contribution in [2.24, 2.45) is 5.73 Å². The summed E-state index contributed by atoms with van der Waals surface area (Å²) in [4.78, 5) is 11.8. The number of hydrogen-bond acceptors (Lipinski definition) is 4. The summed E-state index contributed by atoms with van der Waals surface area (Å²) in [7, 11) is 0. The number of nitrogens with two attached hydrogens (primary N) is 1. The molecule has 1 aromatic carbocycles. The first-order valence-corrected chi connectivity index (χ1v) is 8.22. The van der Waals surface area contributed by atoms with Crippen molar-refractivity contribution >= 4 is 41.8 Å². The average molecular weight is 319 g/mol. The van der Waals surface area contributed by atoms with E-state index in [2.05, 4.69) is 17.4 Å². The van der Waals surface area contributed by atoms with E-state index in [1.807, 2.05) is 35.7 Å². The van der Waals surface area contributed by atoms with Crippen LogP contribution in [0.2, 0.25) is 0 Å². The molecule has 3 N–H and O–H groups in total. The Balaban J connectivity index is 0.00000180. The molecule has 2 rings (SSSR count). The fourth-order valence-corrected chi connectivity index (χ4v) is 4.61. The van der Waals surface area contributed by atoms with Crippen molar-refractivity contribution in [3.05, 3.63) is 35.4 Å². The van der Waals surface area contributed by atoms with Gasteiger partial charge in [-0.15, -0.1) is 35.9 Å². The fourth-order valence-electron chi connectivity index (χ4n) is 1.75. The van der Waals surface area contributed by atoms with Gasteiger partial charge in [0.25, 0.3) is 5.91 Å². The molecule has 0 atom stereocenters. The van der Waals surface area contributed by atoms with Crippen LogP contribution in [0, 0.1) is 0 Å². The molecule has 0 radical (unpaired) electrons. The van der Waals surface area contributed by atoms with Gasteiger partial charge in [-0.3, -0.25) is 4.79 Å². The number of rotatable bonds is 5. The number of amides is 1. The first-order valence-electron chi connectivity index (χ1n) is 6.12. The van der Waals surface area contributed by atoms with Gasteiger partial charge in [-0.1, -0.05) is 12.1 Å². The molecule has 1 amide bonds. The Bertz CT molecular complexity index is 394. The van der Waals surface area contributed by atoms with Crippen molar-refractivity contribution < 1.29 is 4.79 Å². The molecule has 0 saturated carbocycles. The van der Waals surface area contributed by atoms with Crippen LogP contribution in [0.1, 0.15) is 26.9 Å². The number of hydrogen-bond donors (Lipinski definition) is 2. The Morgan fingerprint density at radius 3 is 2.47 bits per heavy atom. The number of nitrogens with one attached hydrogen (secondary N) is 1. The third-order valence-electron chi connectivity index (χ3n) is 2.73. The molecular formula is C13H19ClN2OS2. The summed E-state index contributed by atoms with van der Waals surface area (Å²) in [6.45, 7) is 1.25. The van der Waals surface area contributed by atoms with Gasteiger partial charge in [-0.05, 0) is 30.7 Å². The van der Waals surface area contributed by atoms with Crippen molar-refractivity contribution in [3.8, 4) is 0 Å². The molecule has 1 heterocycles. The Morgan fingerprint density at radius 1 is 1.26 bits per heavy atom. The fraction of sp³-hybridized carbons (Fsp3) is 0.462. The molecule has 0 unspecified atom stereocenters. The van der Waals surface area contributed by atoms with Crippen molar-refractivity contribution in [2.75, 3.05) is 24.6 Å². The van der Waals surface area contributed by atoms with E-state index in [1.165, 1.54) is 17.1 Å². The second-order valence-corrected chi connectivity index (χ2v) is 6.82. The summed E-state index contributed by atoms with van der Waals surface area (Å²) < 4.78 is 0.541. The average Bonchev–Trinajstić information content (AvgIpc) is 2.93. The van der Waals surface area contributed by atoms with Gasteiger partial charge in [0.2, 0.25) is 0 Å². The molecule has 0 bridgehead atoms. The monoisotopic (exact) mass is 318 g/mol. The topological polar surface area (TPSA) is 55.1 Å². The third-order valence-corrected chi connectivity index (χ3v) is 5.84. The van der Waals surface area contributed by atoms with E-state index in [0.29, 0.717) is 17.7 Å². The highest BCUT2D eigenvalue weighted by molar-refractivity contribution is 8.19. The second-order valence-electron chi connectivity index (χ2n) is 4.09. The lowest BCUT2D eigenvalue weighted by Crippen LogP contribution is -2.25. The smallest absolute Gasteiger partial charge is 0.251 e. The predicted octanol–water partition coefficient (Wildman–Crippen LogP) is 2.67. The molecular weight excluding hydrogens is 300 g/mol. The Labute approximate surface area is 128 Å². The standard InChI is InChI=1S/C13H18N2OS2.ClH/c14-6-1-7-15-12(16)10-2-4-11(5-3-10)13-17-8-9-18-13;/h2-5,13H,1,6-9,14H2,(H,15,16);1H. The van der Waals surface area contributed by atoms with Crippen molar-refractivity contribution in [1.82, 2.24) is 5.32 Å². The Morgan fingerprint density at radius 2 is 1.89 bits per heavy atom. The number of halogens is 1. The minimum Gasteiger partial charge on any atom is -0.352 e. The van der Waals surface area contributed by atoms with Crippen LogP contribution < -0.4 is 11.1 Å². The first-order chi connectivity index (χ1) is 8.81. The van der Waals surface area contributed by atoms with Gasteiger partial charge in [-0.25, -0.2) is 0 Å². The summed E-state index contributed by atoms with van der Waals surface area (Å²) in [5.74, 6) is 2.43. The van der Waals surface area contributed by atoms with Crippen LogP contribution in [-0.4, -0.2) is 30.5 Å². The molecule has 0 spiro atoms. The van der Waals surface area contributed by atoms with Crippen LogP contribution >= 0.6 is 35.9 Å². The van der Waals surface area contributed by atoms with Gasteiger partial charge in [-0.2, -0.15) is 0 Å². The maximum Gasteiger partial charge on any atom is 0.251 e. The van der Waals surface area contributed by atoms with E-state index in [9.17, 15) is 4.79 Å². The van der Waals surface area contributed by atoms with Crippen LogP contribution in [0.25, 0.3) is 0 Å². The molecule has 0 aliphatic carbocycles. The molecule has 3 nitrogen and oxygen atoms in total. The quantitative estimate of drug-likeness (QED) is 0.820. The maximum atomic E-state index is 11.8. The molecule has 19 heavy (non-hydrogen) atoms. The lowest BCUT2D eigenvalue weighted by Gasteiger charge is -2.09. The van der Waals surface area contributed by atoms with E-state index in [1.54, 1.807) is 0 Å². The van der Waals surface area contributed by atoms with E-state index in [0.717, 1.165) is 12.0 Å². The van der Waals surface area contributed by atoms with Crippen LogP contribution in [-0.2, 0) is 0 Å². The highest BCUT2D eigenvalue weighted by Gasteiger charge is 2.18.